The van der Waals surface area contributed by atoms with Gasteiger partial charge in [0.2, 0.25) is 5.91 Å². The van der Waals surface area contributed by atoms with Gasteiger partial charge in [-0.05, 0) is 19.3 Å². The average Bonchev–Trinajstić information content (AvgIpc) is 2.72. The SMILES string of the molecule is COC1(CC(=O)N2CSC[C@H]2C(=O)O)CCC1. The van der Waals surface area contributed by atoms with Crippen molar-refractivity contribution in [2.75, 3.05) is 18.7 Å². The largest absolute Gasteiger partial charge is 0.480 e. The van der Waals surface area contributed by atoms with Gasteiger partial charge in [-0.3, -0.25) is 4.79 Å². The van der Waals surface area contributed by atoms with Gasteiger partial charge in [0.1, 0.15) is 6.04 Å². The third-order valence-electron chi connectivity index (χ3n) is 3.66. The van der Waals surface area contributed by atoms with Crippen molar-refractivity contribution in [3.05, 3.63) is 0 Å². The second kappa shape index (κ2) is 4.86. The van der Waals surface area contributed by atoms with Gasteiger partial charge >= 0.3 is 5.97 Å². The number of amides is 1. The van der Waals surface area contributed by atoms with Crippen molar-refractivity contribution in [1.29, 1.82) is 0 Å². The van der Waals surface area contributed by atoms with Gasteiger partial charge in [-0.15, -0.1) is 11.8 Å². The van der Waals surface area contributed by atoms with E-state index in [1.54, 1.807) is 7.11 Å². The Kier molecular flexibility index (Phi) is 3.63. The standard InChI is InChI=1S/C11H17NO4S/c1-16-11(3-2-4-11)5-9(13)12-7-17-6-8(12)10(14)15/h8H,2-7H2,1H3,(H,14,15)/t8-/m0/s1. The van der Waals surface area contributed by atoms with Crippen LogP contribution < -0.4 is 0 Å². The molecule has 1 aliphatic heterocycles. The number of hydrogen-bond acceptors (Lipinski definition) is 4. The van der Waals surface area contributed by atoms with Gasteiger partial charge in [0.25, 0.3) is 0 Å². The monoisotopic (exact) mass is 259 g/mol. The van der Waals surface area contributed by atoms with E-state index in [1.807, 2.05) is 0 Å². The minimum Gasteiger partial charge on any atom is -0.480 e. The second-order valence-electron chi connectivity index (χ2n) is 4.63. The molecule has 1 atom stereocenters. The fourth-order valence-electron chi connectivity index (χ4n) is 2.29. The molecule has 1 amide bonds. The summed E-state index contributed by atoms with van der Waals surface area (Å²) in [6.07, 6.45) is 3.19. The number of carbonyl (C=O) groups is 2. The molecule has 2 rings (SSSR count). The number of thioether (sulfide) groups is 1. The molecule has 0 aromatic carbocycles. The summed E-state index contributed by atoms with van der Waals surface area (Å²) in [6, 6.07) is -0.665. The number of carboxylic acids is 1. The predicted octanol–water partition coefficient (Wildman–Crippen LogP) is 0.932. The number of rotatable bonds is 4. The van der Waals surface area contributed by atoms with Crippen LogP contribution in [0.5, 0.6) is 0 Å². The Balaban J connectivity index is 1.97. The molecular weight excluding hydrogens is 242 g/mol. The Labute approximate surface area is 104 Å². The molecule has 1 heterocycles. The minimum atomic E-state index is -0.913. The van der Waals surface area contributed by atoms with Gasteiger partial charge in [-0.1, -0.05) is 0 Å². The summed E-state index contributed by atoms with van der Waals surface area (Å²) in [5, 5.41) is 9.02. The Bertz CT molecular complexity index is 324. The van der Waals surface area contributed by atoms with Crippen LogP contribution >= 0.6 is 11.8 Å². The Hall–Kier alpha value is -0.750. The summed E-state index contributed by atoms with van der Waals surface area (Å²) in [6.45, 7) is 0. The van der Waals surface area contributed by atoms with Crippen molar-refractivity contribution >= 4 is 23.6 Å². The number of ether oxygens (including phenoxy) is 1. The third-order valence-corrected chi connectivity index (χ3v) is 4.67. The molecule has 0 spiro atoms. The van der Waals surface area contributed by atoms with Crippen molar-refractivity contribution in [1.82, 2.24) is 4.90 Å². The maximum absolute atomic E-state index is 12.1. The summed E-state index contributed by atoms with van der Waals surface area (Å²) >= 11 is 1.49. The molecule has 0 aromatic heterocycles. The van der Waals surface area contributed by atoms with Crippen LogP contribution in [0.1, 0.15) is 25.7 Å². The highest BCUT2D eigenvalue weighted by Gasteiger charge is 2.43. The van der Waals surface area contributed by atoms with E-state index in [4.69, 9.17) is 9.84 Å². The fraction of sp³-hybridized carbons (Fsp3) is 0.818. The van der Waals surface area contributed by atoms with E-state index in [9.17, 15) is 9.59 Å². The molecule has 0 aromatic rings. The highest BCUT2D eigenvalue weighted by atomic mass is 32.2. The van der Waals surface area contributed by atoms with E-state index in [0.717, 1.165) is 19.3 Å². The summed E-state index contributed by atoms with van der Waals surface area (Å²) in [4.78, 5) is 24.6. The van der Waals surface area contributed by atoms with E-state index in [0.29, 0.717) is 18.1 Å². The predicted molar refractivity (Wildman–Crippen MR) is 63.8 cm³/mol. The van der Waals surface area contributed by atoms with Crippen LogP contribution in [0, 0.1) is 0 Å². The molecule has 1 aliphatic carbocycles. The number of carboxylic acid groups (broad SMARTS) is 1. The van der Waals surface area contributed by atoms with Gasteiger partial charge in [0.05, 0.1) is 17.9 Å². The van der Waals surface area contributed by atoms with Gasteiger partial charge < -0.3 is 14.7 Å². The Morgan fingerprint density at radius 1 is 1.53 bits per heavy atom. The van der Waals surface area contributed by atoms with Gasteiger partial charge in [0, 0.05) is 12.9 Å². The van der Waals surface area contributed by atoms with Gasteiger partial charge in [0.15, 0.2) is 0 Å². The first-order valence-electron chi connectivity index (χ1n) is 5.73. The number of methoxy groups -OCH3 is 1. The lowest BCUT2D eigenvalue weighted by atomic mass is 9.77. The van der Waals surface area contributed by atoms with Crippen molar-refractivity contribution in [2.45, 2.75) is 37.3 Å². The number of hydrogen-bond donors (Lipinski definition) is 1. The Morgan fingerprint density at radius 3 is 2.71 bits per heavy atom. The number of carbonyl (C=O) groups excluding carboxylic acids is 1. The van der Waals surface area contributed by atoms with Crippen molar-refractivity contribution in [2.24, 2.45) is 0 Å². The van der Waals surface area contributed by atoms with Crippen LogP contribution in [-0.2, 0) is 14.3 Å². The zero-order valence-electron chi connectivity index (χ0n) is 9.85. The lowest BCUT2D eigenvalue weighted by Crippen LogP contribution is -2.48. The van der Waals surface area contributed by atoms with E-state index >= 15 is 0 Å². The molecule has 0 unspecified atom stereocenters. The smallest absolute Gasteiger partial charge is 0.327 e. The summed E-state index contributed by atoms with van der Waals surface area (Å²) in [5.41, 5.74) is -0.326. The molecule has 6 heteroatoms. The maximum Gasteiger partial charge on any atom is 0.327 e. The van der Waals surface area contributed by atoms with Gasteiger partial charge in [-0.25, -0.2) is 4.79 Å². The van der Waals surface area contributed by atoms with Crippen LogP contribution in [0.25, 0.3) is 0 Å². The maximum atomic E-state index is 12.1. The molecule has 1 saturated heterocycles. The number of aliphatic carboxylic acids is 1. The molecule has 1 N–H and O–H groups in total. The van der Waals surface area contributed by atoms with Crippen LogP contribution in [0.4, 0.5) is 0 Å². The highest BCUT2D eigenvalue weighted by Crippen LogP contribution is 2.39. The number of nitrogens with zero attached hydrogens (tertiary/aromatic N) is 1. The molecule has 2 aliphatic rings. The van der Waals surface area contributed by atoms with E-state index < -0.39 is 12.0 Å². The molecule has 0 radical (unpaired) electrons. The first kappa shape index (κ1) is 12.7. The fourth-order valence-corrected chi connectivity index (χ4v) is 3.47. The van der Waals surface area contributed by atoms with Gasteiger partial charge in [-0.2, -0.15) is 0 Å². The second-order valence-corrected chi connectivity index (χ2v) is 5.63. The average molecular weight is 259 g/mol. The molecule has 5 nitrogen and oxygen atoms in total. The van der Waals surface area contributed by atoms with E-state index in [2.05, 4.69) is 0 Å². The molecule has 0 bridgehead atoms. The topological polar surface area (TPSA) is 66.8 Å². The lowest BCUT2D eigenvalue weighted by molar-refractivity contribution is -0.153. The molecule has 1 saturated carbocycles. The van der Waals surface area contributed by atoms with Crippen LogP contribution in [0.2, 0.25) is 0 Å². The molecule has 96 valence electrons. The zero-order valence-corrected chi connectivity index (χ0v) is 10.7. The zero-order chi connectivity index (χ0) is 12.5. The van der Waals surface area contributed by atoms with Crippen molar-refractivity contribution in [3.8, 4) is 0 Å². The first-order valence-corrected chi connectivity index (χ1v) is 6.89. The van der Waals surface area contributed by atoms with Crippen molar-refractivity contribution in [3.63, 3.8) is 0 Å². The van der Waals surface area contributed by atoms with Crippen molar-refractivity contribution < 1.29 is 19.4 Å². The molecule has 17 heavy (non-hydrogen) atoms. The Morgan fingerprint density at radius 2 is 2.24 bits per heavy atom. The first-order chi connectivity index (χ1) is 8.08. The minimum absolute atomic E-state index is 0.0936. The molecular formula is C11H17NO4S. The highest BCUT2D eigenvalue weighted by molar-refractivity contribution is 7.99. The third kappa shape index (κ3) is 2.42. The summed E-state index contributed by atoms with van der Waals surface area (Å²) < 4.78 is 5.40. The van der Waals surface area contributed by atoms with Crippen LogP contribution in [0.15, 0.2) is 0 Å². The lowest BCUT2D eigenvalue weighted by Gasteiger charge is -2.41. The van der Waals surface area contributed by atoms with Crippen LogP contribution in [-0.4, -0.2) is 52.3 Å². The molecule has 2 fully saturated rings. The van der Waals surface area contributed by atoms with E-state index in [1.165, 1.54) is 16.7 Å². The summed E-state index contributed by atoms with van der Waals surface area (Å²) in [5.74, 6) is -0.0382. The van der Waals surface area contributed by atoms with E-state index in [-0.39, 0.29) is 11.5 Å². The summed E-state index contributed by atoms with van der Waals surface area (Å²) in [7, 11) is 1.62. The van der Waals surface area contributed by atoms with Crippen LogP contribution in [0.3, 0.4) is 0 Å². The normalized spacial score (nSPS) is 26.6. The quantitative estimate of drug-likeness (QED) is 0.813.